The van der Waals surface area contributed by atoms with Gasteiger partial charge >= 0.3 is 5.97 Å². The molecule has 0 aromatic heterocycles. The van der Waals surface area contributed by atoms with Crippen molar-refractivity contribution >= 4 is 17.6 Å². The minimum atomic E-state index is -0.639. The molecule has 1 unspecified atom stereocenters. The van der Waals surface area contributed by atoms with E-state index in [1.165, 1.54) is 37.3 Å². The summed E-state index contributed by atoms with van der Waals surface area (Å²) < 4.78 is 17.9. The average Bonchev–Trinajstić information content (AvgIpc) is 2.39. The molecule has 0 fully saturated rings. The lowest BCUT2D eigenvalue weighted by Gasteiger charge is -2.21. The van der Waals surface area contributed by atoms with E-state index in [2.05, 4.69) is 4.74 Å². The molecule has 1 rings (SSSR count). The molecular formula is C13H17FN2O3. The van der Waals surface area contributed by atoms with Crippen LogP contribution in [0.25, 0.3) is 0 Å². The van der Waals surface area contributed by atoms with E-state index in [1.54, 1.807) is 6.92 Å². The van der Waals surface area contributed by atoms with Crippen molar-refractivity contribution in [3.05, 3.63) is 29.6 Å². The molecule has 1 amide bonds. The number of carbonyl (C=O) groups is 2. The van der Waals surface area contributed by atoms with Crippen molar-refractivity contribution in [3.8, 4) is 0 Å². The van der Waals surface area contributed by atoms with Crippen molar-refractivity contribution in [2.24, 2.45) is 5.92 Å². The fourth-order valence-corrected chi connectivity index (χ4v) is 1.70. The minimum Gasteiger partial charge on any atom is -0.469 e. The van der Waals surface area contributed by atoms with E-state index >= 15 is 0 Å². The summed E-state index contributed by atoms with van der Waals surface area (Å²) in [6.07, 6.45) is 0. The van der Waals surface area contributed by atoms with Gasteiger partial charge in [-0.25, -0.2) is 4.39 Å². The van der Waals surface area contributed by atoms with E-state index in [9.17, 15) is 14.0 Å². The van der Waals surface area contributed by atoms with Crippen LogP contribution in [0.3, 0.4) is 0 Å². The molecule has 0 aliphatic heterocycles. The average molecular weight is 268 g/mol. The molecule has 0 saturated heterocycles. The fourth-order valence-electron chi connectivity index (χ4n) is 1.70. The number of benzene rings is 1. The highest BCUT2D eigenvalue weighted by atomic mass is 19.1. The van der Waals surface area contributed by atoms with Crippen LogP contribution in [0.4, 0.5) is 10.1 Å². The number of nitrogens with zero attached hydrogens (tertiary/aromatic N) is 1. The largest absolute Gasteiger partial charge is 0.469 e. The molecule has 104 valence electrons. The molecular weight excluding hydrogens is 251 g/mol. The fraction of sp³-hybridized carbons (Fsp3) is 0.385. The topological polar surface area (TPSA) is 72.6 Å². The zero-order chi connectivity index (χ0) is 14.6. The first-order valence-corrected chi connectivity index (χ1v) is 5.75. The number of hydrogen-bond acceptors (Lipinski definition) is 4. The number of halogens is 1. The summed E-state index contributed by atoms with van der Waals surface area (Å²) in [6.45, 7) is 1.81. The number of amides is 1. The summed E-state index contributed by atoms with van der Waals surface area (Å²) in [4.78, 5) is 24.7. The predicted octanol–water partition coefficient (Wildman–Crippen LogP) is 1.29. The van der Waals surface area contributed by atoms with Crippen LogP contribution in [0, 0.1) is 11.7 Å². The van der Waals surface area contributed by atoms with Gasteiger partial charge in [0.1, 0.15) is 5.82 Å². The summed E-state index contributed by atoms with van der Waals surface area (Å²) in [5.74, 6) is -1.95. The van der Waals surface area contributed by atoms with E-state index in [1.807, 2.05) is 0 Å². The van der Waals surface area contributed by atoms with Gasteiger partial charge in [0.25, 0.3) is 5.91 Å². The van der Waals surface area contributed by atoms with Crippen LogP contribution in [-0.2, 0) is 9.53 Å². The van der Waals surface area contributed by atoms with Gasteiger partial charge < -0.3 is 15.4 Å². The van der Waals surface area contributed by atoms with Crippen molar-refractivity contribution in [3.63, 3.8) is 0 Å². The third kappa shape index (κ3) is 3.43. The maximum absolute atomic E-state index is 13.3. The number of nitrogens with two attached hydrogens (primary N) is 1. The van der Waals surface area contributed by atoms with Gasteiger partial charge in [-0.3, -0.25) is 9.59 Å². The lowest BCUT2D eigenvalue weighted by Crippen LogP contribution is -2.34. The molecule has 0 aliphatic rings. The zero-order valence-electron chi connectivity index (χ0n) is 11.1. The molecule has 0 radical (unpaired) electrons. The van der Waals surface area contributed by atoms with Crippen LogP contribution < -0.4 is 5.73 Å². The first-order chi connectivity index (χ1) is 8.88. The summed E-state index contributed by atoms with van der Waals surface area (Å²) in [5, 5.41) is 0. The molecule has 0 aliphatic carbocycles. The number of methoxy groups -OCH3 is 1. The van der Waals surface area contributed by atoms with Crippen LogP contribution in [-0.4, -0.2) is 37.5 Å². The van der Waals surface area contributed by atoms with Gasteiger partial charge in [-0.15, -0.1) is 0 Å². The molecule has 0 saturated carbocycles. The Balaban J connectivity index is 2.83. The Morgan fingerprint density at radius 3 is 2.68 bits per heavy atom. The molecule has 1 aromatic rings. The highest BCUT2D eigenvalue weighted by Gasteiger charge is 2.21. The van der Waals surface area contributed by atoms with Crippen molar-refractivity contribution in [1.29, 1.82) is 0 Å². The number of esters is 1. The number of nitrogen functional groups attached to an aromatic ring is 1. The second kappa shape index (κ2) is 6.17. The summed E-state index contributed by atoms with van der Waals surface area (Å²) in [5.41, 5.74) is 5.42. The summed E-state index contributed by atoms with van der Waals surface area (Å²) >= 11 is 0. The standard InChI is InChI=1S/C13H17FN2O3/c1-8(13(18)19-3)7-16(2)12(17)9-5-4-6-10(14)11(9)15/h4-6,8H,7,15H2,1-3H3. The van der Waals surface area contributed by atoms with Crippen molar-refractivity contribution in [1.82, 2.24) is 4.90 Å². The van der Waals surface area contributed by atoms with Gasteiger partial charge in [0, 0.05) is 13.6 Å². The second-order valence-electron chi connectivity index (χ2n) is 4.31. The number of rotatable bonds is 4. The number of hydrogen-bond donors (Lipinski definition) is 1. The number of anilines is 1. The van der Waals surface area contributed by atoms with Gasteiger partial charge in [0.2, 0.25) is 0 Å². The molecule has 0 bridgehead atoms. The predicted molar refractivity (Wildman–Crippen MR) is 69.0 cm³/mol. The quantitative estimate of drug-likeness (QED) is 0.659. The lowest BCUT2D eigenvalue weighted by atomic mass is 10.1. The monoisotopic (exact) mass is 268 g/mol. The Morgan fingerprint density at radius 1 is 1.47 bits per heavy atom. The van der Waals surface area contributed by atoms with Crippen molar-refractivity contribution < 1.29 is 18.7 Å². The Morgan fingerprint density at radius 2 is 2.11 bits per heavy atom. The summed E-state index contributed by atoms with van der Waals surface area (Å²) in [6, 6.07) is 4.04. The van der Waals surface area contributed by atoms with Crippen LogP contribution >= 0.6 is 0 Å². The third-order valence-electron chi connectivity index (χ3n) is 2.78. The van der Waals surface area contributed by atoms with Gasteiger partial charge in [-0.1, -0.05) is 13.0 Å². The third-order valence-corrected chi connectivity index (χ3v) is 2.78. The Hall–Kier alpha value is -2.11. The van der Waals surface area contributed by atoms with Crippen LogP contribution in [0.2, 0.25) is 0 Å². The van der Waals surface area contributed by atoms with Gasteiger partial charge in [0.05, 0.1) is 24.3 Å². The maximum Gasteiger partial charge on any atom is 0.310 e. The Labute approximate surface area is 111 Å². The van der Waals surface area contributed by atoms with E-state index in [-0.39, 0.29) is 17.8 Å². The van der Waals surface area contributed by atoms with Crippen LogP contribution in [0.15, 0.2) is 18.2 Å². The molecule has 0 spiro atoms. The highest BCUT2D eigenvalue weighted by Crippen LogP contribution is 2.17. The van der Waals surface area contributed by atoms with Crippen LogP contribution in [0.5, 0.6) is 0 Å². The summed E-state index contributed by atoms with van der Waals surface area (Å²) in [7, 11) is 2.80. The molecule has 1 atom stereocenters. The second-order valence-corrected chi connectivity index (χ2v) is 4.31. The van der Waals surface area contributed by atoms with E-state index < -0.39 is 23.6 Å². The lowest BCUT2D eigenvalue weighted by molar-refractivity contribution is -0.145. The van der Waals surface area contributed by atoms with Crippen LogP contribution in [0.1, 0.15) is 17.3 Å². The Bertz CT molecular complexity index is 491. The van der Waals surface area contributed by atoms with Gasteiger partial charge in [-0.2, -0.15) is 0 Å². The molecule has 5 nitrogen and oxygen atoms in total. The highest BCUT2D eigenvalue weighted by molar-refractivity contribution is 5.99. The van der Waals surface area contributed by atoms with Crippen molar-refractivity contribution in [2.45, 2.75) is 6.92 Å². The number of para-hydroxylation sites is 1. The maximum atomic E-state index is 13.3. The molecule has 1 aromatic carbocycles. The van der Waals surface area contributed by atoms with E-state index in [4.69, 9.17) is 5.73 Å². The SMILES string of the molecule is COC(=O)C(C)CN(C)C(=O)c1cccc(F)c1N. The number of ether oxygens (including phenoxy) is 1. The van der Waals surface area contributed by atoms with Gasteiger partial charge in [-0.05, 0) is 12.1 Å². The zero-order valence-corrected chi connectivity index (χ0v) is 11.1. The van der Waals surface area contributed by atoms with E-state index in [0.717, 1.165) is 0 Å². The molecule has 0 heterocycles. The minimum absolute atomic E-state index is 0.0829. The molecule has 19 heavy (non-hydrogen) atoms. The first-order valence-electron chi connectivity index (χ1n) is 5.75. The smallest absolute Gasteiger partial charge is 0.310 e. The molecule has 6 heteroatoms. The van der Waals surface area contributed by atoms with E-state index in [0.29, 0.717) is 0 Å². The Kier molecular flexibility index (Phi) is 4.86. The number of carbonyl (C=O) groups excluding carboxylic acids is 2. The normalized spacial score (nSPS) is 11.8. The van der Waals surface area contributed by atoms with Gasteiger partial charge in [0.15, 0.2) is 0 Å². The first kappa shape index (κ1) is 14.9. The molecule has 2 N–H and O–H groups in total. The van der Waals surface area contributed by atoms with Crippen molar-refractivity contribution in [2.75, 3.05) is 26.4 Å².